The van der Waals surface area contributed by atoms with Crippen molar-refractivity contribution in [2.45, 2.75) is 0 Å². The van der Waals surface area contributed by atoms with Crippen molar-refractivity contribution in [1.29, 1.82) is 5.41 Å². The number of aromatic hydroxyl groups is 1. The molecule has 2 heterocycles. The van der Waals surface area contributed by atoms with E-state index in [-0.39, 0.29) is 33.7 Å². The van der Waals surface area contributed by atoms with Gasteiger partial charge in [-0.2, -0.15) is 0 Å². The highest BCUT2D eigenvalue weighted by molar-refractivity contribution is 7.71. The Hall–Kier alpha value is -2.67. The average molecular weight is 288 g/mol. The van der Waals surface area contributed by atoms with E-state index in [0.717, 1.165) is 0 Å². The van der Waals surface area contributed by atoms with E-state index in [1.54, 1.807) is 24.3 Å². The van der Waals surface area contributed by atoms with Crippen LogP contribution in [0.1, 0.15) is 16.1 Å². The van der Waals surface area contributed by atoms with Gasteiger partial charge in [0.2, 0.25) is 17.6 Å². The Labute approximate surface area is 117 Å². The summed E-state index contributed by atoms with van der Waals surface area (Å²) < 4.78 is 10.3. The number of carbonyl (C=O) groups excluding carboxylic acids is 1. The predicted molar refractivity (Wildman–Crippen MR) is 72.7 cm³/mol. The molecule has 1 aliphatic rings. The van der Waals surface area contributed by atoms with Gasteiger partial charge in [0.1, 0.15) is 5.75 Å². The Balaban J connectivity index is 2.12. The molecule has 0 aliphatic carbocycles. The lowest BCUT2D eigenvalue weighted by atomic mass is 9.99. The van der Waals surface area contributed by atoms with Crippen LogP contribution < -0.4 is 4.74 Å². The minimum absolute atomic E-state index is 0.0169. The summed E-state index contributed by atoms with van der Waals surface area (Å²) in [6.07, 6.45) is 1.22. The third kappa shape index (κ3) is 1.94. The third-order valence-electron chi connectivity index (χ3n) is 2.76. The molecule has 7 heteroatoms. The summed E-state index contributed by atoms with van der Waals surface area (Å²) in [7, 11) is 0. The van der Waals surface area contributed by atoms with E-state index < -0.39 is 0 Å². The number of oxazole rings is 1. The Kier molecular flexibility index (Phi) is 2.76. The Morgan fingerprint density at radius 2 is 2.10 bits per heavy atom. The summed E-state index contributed by atoms with van der Waals surface area (Å²) in [6.45, 7) is 0. The molecule has 0 fully saturated rings. The van der Waals surface area contributed by atoms with Crippen LogP contribution in [0, 0.1) is 10.2 Å². The number of Topliss-reactive ketones (excluding diaryl/α,β-unsaturated/α-hetero) is 1. The molecule has 3 N–H and O–H groups in total. The number of para-hydroxylation sites is 1. The molecule has 20 heavy (non-hydrogen) atoms. The second kappa shape index (κ2) is 4.46. The summed E-state index contributed by atoms with van der Waals surface area (Å²) in [5.41, 5.74) is 0.333. The first-order valence-electron chi connectivity index (χ1n) is 5.60. The van der Waals surface area contributed by atoms with Crippen LogP contribution in [-0.2, 0) is 0 Å². The van der Waals surface area contributed by atoms with Crippen molar-refractivity contribution in [2.75, 3.05) is 0 Å². The van der Waals surface area contributed by atoms with Gasteiger partial charge in [-0.05, 0) is 24.4 Å². The van der Waals surface area contributed by atoms with Crippen LogP contribution in [0.2, 0.25) is 0 Å². The normalized spacial score (nSPS) is 16.1. The number of fused-ring (bicyclic) bond motifs is 1. The number of nitrogens with one attached hydrogen (secondary N) is 2. The first-order valence-corrected chi connectivity index (χ1v) is 6.01. The molecule has 2 aromatic rings. The fourth-order valence-corrected chi connectivity index (χ4v) is 2.03. The number of ether oxygens (including phenoxy) is 1. The molecule has 0 saturated heterocycles. The smallest absolute Gasteiger partial charge is 0.269 e. The largest absolute Gasteiger partial charge is 0.492 e. The highest BCUT2D eigenvalue weighted by atomic mass is 32.1. The van der Waals surface area contributed by atoms with Crippen LogP contribution in [-0.4, -0.2) is 21.8 Å². The zero-order valence-electron chi connectivity index (χ0n) is 9.97. The third-order valence-corrected chi connectivity index (χ3v) is 2.95. The topological polar surface area (TPSA) is 99.3 Å². The SMILES string of the molecule is N=C1Oc2ccccc2C(=O)C1=Cc1oc(=S)[nH]c1O. The molecule has 3 rings (SSSR count). The number of aromatic nitrogens is 1. The fraction of sp³-hybridized carbons (Fsp3) is 0. The first-order chi connectivity index (χ1) is 9.56. The van der Waals surface area contributed by atoms with Crippen molar-refractivity contribution >= 4 is 30.0 Å². The lowest BCUT2D eigenvalue weighted by Gasteiger charge is -2.18. The van der Waals surface area contributed by atoms with E-state index in [1.165, 1.54) is 6.08 Å². The maximum atomic E-state index is 12.3. The number of H-pyrrole nitrogens is 1. The molecule has 0 radical (unpaired) electrons. The summed E-state index contributed by atoms with van der Waals surface area (Å²) in [6, 6.07) is 6.62. The monoisotopic (exact) mass is 288 g/mol. The molecule has 0 saturated carbocycles. The zero-order valence-corrected chi connectivity index (χ0v) is 10.8. The molecule has 0 bridgehead atoms. The molecular weight excluding hydrogens is 280 g/mol. The van der Waals surface area contributed by atoms with Gasteiger partial charge in [0, 0.05) is 6.08 Å². The van der Waals surface area contributed by atoms with Crippen LogP contribution in [0.15, 0.2) is 34.3 Å². The van der Waals surface area contributed by atoms with Gasteiger partial charge in [-0.3, -0.25) is 15.2 Å². The van der Waals surface area contributed by atoms with E-state index in [4.69, 9.17) is 26.8 Å². The molecule has 0 atom stereocenters. The lowest BCUT2D eigenvalue weighted by molar-refractivity contribution is 0.103. The van der Waals surface area contributed by atoms with Crippen molar-refractivity contribution in [3.63, 3.8) is 0 Å². The van der Waals surface area contributed by atoms with Crippen molar-refractivity contribution in [2.24, 2.45) is 0 Å². The highest BCUT2D eigenvalue weighted by Crippen LogP contribution is 2.29. The van der Waals surface area contributed by atoms with Crippen molar-refractivity contribution < 1.29 is 19.1 Å². The minimum atomic E-state index is -0.376. The Bertz CT molecular complexity index is 816. The van der Waals surface area contributed by atoms with Gasteiger partial charge in [0.25, 0.3) is 4.84 Å². The lowest BCUT2D eigenvalue weighted by Crippen LogP contribution is -2.24. The standard InChI is InChI=1S/C13H8N2O4S/c14-11-7(5-9-12(17)15-13(20)19-9)10(16)6-3-1-2-4-8(6)18-11/h1-5,14,17H,(H,15,20). The highest BCUT2D eigenvalue weighted by Gasteiger charge is 2.28. The van der Waals surface area contributed by atoms with E-state index in [2.05, 4.69) is 4.98 Å². The van der Waals surface area contributed by atoms with Crippen LogP contribution in [0.4, 0.5) is 0 Å². The van der Waals surface area contributed by atoms with Crippen molar-refractivity contribution in [3.05, 3.63) is 46.0 Å². The van der Waals surface area contributed by atoms with E-state index in [1.807, 2.05) is 0 Å². The predicted octanol–water partition coefficient (Wildman–Crippen LogP) is 2.68. The van der Waals surface area contributed by atoms with E-state index in [9.17, 15) is 9.90 Å². The van der Waals surface area contributed by atoms with E-state index >= 15 is 0 Å². The Morgan fingerprint density at radius 1 is 1.35 bits per heavy atom. The van der Waals surface area contributed by atoms with Gasteiger partial charge in [-0.15, -0.1) is 0 Å². The maximum absolute atomic E-state index is 12.3. The van der Waals surface area contributed by atoms with Gasteiger partial charge in [0.15, 0.2) is 5.76 Å². The van der Waals surface area contributed by atoms with Crippen LogP contribution >= 0.6 is 12.2 Å². The van der Waals surface area contributed by atoms with E-state index in [0.29, 0.717) is 11.3 Å². The zero-order chi connectivity index (χ0) is 14.3. The fourth-order valence-electron chi connectivity index (χ4n) is 1.85. The summed E-state index contributed by atoms with van der Waals surface area (Å²) >= 11 is 4.73. The van der Waals surface area contributed by atoms with Crippen LogP contribution in [0.5, 0.6) is 11.6 Å². The summed E-state index contributed by atoms with van der Waals surface area (Å²) in [4.78, 5) is 14.7. The Morgan fingerprint density at radius 3 is 2.80 bits per heavy atom. The molecule has 0 spiro atoms. The first kappa shape index (κ1) is 12.4. The molecular formula is C13H8N2O4S. The number of carbonyl (C=O) groups is 1. The van der Waals surface area contributed by atoms with Gasteiger partial charge < -0.3 is 14.3 Å². The molecule has 1 aliphatic heterocycles. The van der Waals surface area contributed by atoms with Gasteiger partial charge in [-0.1, -0.05) is 12.1 Å². The molecule has 6 nitrogen and oxygen atoms in total. The molecule has 0 unspecified atom stereocenters. The maximum Gasteiger partial charge on any atom is 0.269 e. The number of aromatic amines is 1. The van der Waals surface area contributed by atoms with Crippen LogP contribution in [0.25, 0.3) is 6.08 Å². The number of ketones is 1. The van der Waals surface area contributed by atoms with Gasteiger partial charge >= 0.3 is 0 Å². The summed E-state index contributed by atoms with van der Waals surface area (Å²) in [5, 5.41) is 17.3. The second-order valence-corrected chi connectivity index (χ2v) is 4.41. The number of hydrogen-bond acceptors (Lipinski definition) is 6. The molecule has 1 aromatic carbocycles. The molecule has 1 aromatic heterocycles. The number of benzene rings is 1. The van der Waals surface area contributed by atoms with Crippen molar-refractivity contribution in [3.8, 4) is 11.6 Å². The number of hydrogen-bond donors (Lipinski definition) is 3. The van der Waals surface area contributed by atoms with Gasteiger partial charge in [-0.25, -0.2) is 0 Å². The number of rotatable bonds is 1. The summed E-state index contributed by atoms with van der Waals surface area (Å²) in [5.74, 6) is -0.680. The quantitative estimate of drug-likeness (QED) is 0.553. The second-order valence-electron chi connectivity index (χ2n) is 4.04. The van der Waals surface area contributed by atoms with Crippen LogP contribution in [0.3, 0.4) is 0 Å². The minimum Gasteiger partial charge on any atom is -0.492 e. The molecule has 100 valence electrons. The molecule has 0 amide bonds. The average Bonchev–Trinajstić information content (AvgIpc) is 2.73. The van der Waals surface area contributed by atoms with Gasteiger partial charge in [0.05, 0.1) is 11.1 Å². The van der Waals surface area contributed by atoms with Crippen molar-refractivity contribution in [1.82, 2.24) is 4.98 Å².